The highest BCUT2D eigenvalue weighted by atomic mass is 16.6. The molecule has 3 N–H and O–H groups in total. The molecular weight excluding hydrogens is 398 g/mol. The van der Waals surface area contributed by atoms with Crippen LogP contribution in [0.3, 0.4) is 0 Å². The summed E-state index contributed by atoms with van der Waals surface area (Å²) in [6.07, 6.45) is 4.21. The highest BCUT2D eigenvalue weighted by molar-refractivity contribution is 6.04. The number of benzene rings is 2. The van der Waals surface area contributed by atoms with Gasteiger partial charge >= 0.3 is 6.03 Å². The van der Waals surface area contributed by atoms with E-state index < -0.39 is 11.0 Å². The van der Waals surface area contributed by atoms with Crippen molar-refractivity contribution in [2.45, 2.75) is 32.6 Å². The van der Waals surface area contributed by atoms with Crippen molar-refractivity contribution in [3.8, 4) is 0 Å². The monoisotopic (exact) mass is 425 g/mol. The standard InChI is InChI=1S/C22H27N5O4/c1-2-12-23-21(28)19-15-17(8-11-20(19)26-13-4-3-5-14-26)25-22(29)24-16-6-9-18(10-7-16)27(30)31/h6-11,15H,2-5,12-14H2,1H3,(H,23,28)(H2,24,25,29). The van der Waals surface area contributed by atoms with Gasteiger partial charge < -0.3 is 20.9 Å². The molecular formula is C22H27N5O4. The zero-order valence-corrected chi connectivity index (χ0v) is 17.5. The van der Waals surface area contributed by atoms with E-state index in [1.54, 1.807) is 12.1 Å². The summed E-state index contributed by atoms with van der Waals surface area (Å²) in [5.41, 5.74) is 2.26. The molecule has 0 unspecified atom stereocenters. The highest BCUT2D eigenvalue weighted by Crippen LogP contribution is 2.27. The lowest BCUT2D eigenvalue weighted by Crippen LogP contribution is -2.33. The third-order valence-electron chi connectivity index (χ3n) is 5.07. The van der Waals surface area contributed by atoms with Crippen LogP contribution in [0.1, 0.15) is 43.0 Å². The van der Waals surface area contributed by atoms with Gasteiger partial charge in [-0.2, -0.15) is 0 Å². The van der Waals surface area contributed by atoms with Crippen LogP contribution in [0.5, 0.6) is 0 Å². The van der Waals surface area contributed by atoms with Crippen molar-refractivity contribution in [1.29, 1.82) is 0 Å². The maximum Gasteiger partial charge on any atom is 0.323 e. The second kappa shape index (κ2) is 10.4. The van der Waals surface area contributed by atoms with Gasteiger partial charge in [0.25, 0.3) is 11.6 Å². The maximum absolute atomic E-state index is 12.8. The fraction of sp³-hybridized carbons (Fsp3) is 0.364. The molecule has 1 aliphatic rings. The van der Waals surface area contributed by atoms with E-state index in [1.165, 1.54) is 30.7 Å². The first-order chi connectivity index (χ1) is 15.0. The number of piperidine rings is 1. The molecule has 0 spiro atoms. The molecule has 9 heteroatoms. The summed E-state index contributed by atoms with van der Waals surface area (Å²) in [7, 11) is 0. The molecule has 3 amide bonds. The Morgan fingerprint density at radius 3 is 2.29 bits per heavy atom. The molecule has 0 aliphatic carbocycles. The summed E-state index contributed by atoms with van der Waals surface area (Å²) >= 11 is 0. The number of carbonyl (C=O) groups excluding carboxylic acids is 2. The van der Waals surface area contributed by atoms with Crippen molar-refractivity contribution in [2.24, 2.45) is 0 Å². The number of rotatable bonds is 7. The average Bonchev–Trinajstić information content (AvgIpc) is 2.78. The van der Waals surface area contributed by atoms with Crippen LogP contribution in [0.15, 0.2) is 42.5 Å². The number of amides is 3. The third kappa shape index (κ3) is 5.94. The van der Waals surface area contributed by atoms with Gasteiger partial charge in [-0.3, -0.25) is 14.9 Å². The Bertz CT molecular complexity index is 939. The van der Waals surface area contributed by atoms with E-state index in [-0.39, 0.29) is 11.6 Å². The number of nitrogens with zero attached hydrogens (tertiary/aromatic N) is 2. The van der Waals surface area contributed by atoms with Gasteiger partial charge in [-0.1, -0.05) is 6.92 Å². The van der Waals surface area contributed by atoms with E-state index in [4.69, 9.17) is 0 Å². The van der Waals surface area contributed by atoms with E-state index in [9.17, 15) is 19.7 Å². The van der Waals surface area contributed by atoms with Crippen molar-refractivity contribution in [2.75, 3.05) is 35.2 Å². The quantitative estimate of drug-likeness (QED) is 0.450. The molecule has 164 valence electrons. The topological polar surface area (TPSA) is 117 Å². The third-order valence-corrected chi connectivity index (χ3v) is 5.07. The number of hydrogen-bond acceptors (Lipinski definition) is 5. The lowest BCUT2D eigenvalue weighted by Gasteiger charge is -2.30. The van der Waals surface area contributed by atoms with Gasteiger partial charge in [0.1, 0.15) is 0 Å². The average molecular weight is 425 g/mol. The molecule has 0 aromatic heterocycles. The Morgan fingerprint density at radius 2 is 1.65 bits per heavy atom. The Labute approximate surface area is 181 Å². The van der Waals surface area contributed by atoms with Gasteiger partial charge in [0, 0.05) is 48.8 Å². The van der Waals surface area contributed by atoms with Crippen LogP contribution in [-0.4, -0.2) is 36.5 Å². The normalized spacial score (nSPS) is 13.4. The molecule has 9 nitrogen and oxygen atoms in total. The van der Waals surface area contributed by atoms with Crippen molar-refractivity contribution >= 4 is 34.7 Å². The van der Waals surface area contributed by atoms with Crippen LogP contribution in [0.4, 0.5) is 27.5 Å². The Morgan fingerprint density at radius 1 is 1.00 bits per heavy atom. The number of urea groups is 1. The lowest BCUT2D eigenvalue weighted by atomic mass is 10.1. The lowest BCUT2D eigenvalue weighted by molar-refractivity contribution is -0.384. The largest absolute Gasteiger partial charge is 0.371 e. The number of carbonyl (C=O) groups is 2. The number of nitrogens with one attached hydrogen (secondary N) is 3. The summed E-state index contributed by atoms with van der Waals surface area (Å²) in [4.78, 5) is 37.6. The molecule has 31 heavy (non-hydrogen) atoms. The second-order valence-corrected chi connectivity index (χ2v) is 7.42. The summed E-state index contributed by atoms with van der Waals surface area (Å²) in [6, 6.07) is 10.4. The van der Waals surface area contributed by atoms with Crippen molar-refractivity contribution in [1.82, 2.24) is 5.32 Å². The first kappa shape index (κ1) is 22.1. The fourth-order valence-corrected chi connectivity index (χ4v) is 3.50. The Kier molecular flexibility index (Phi) is 7.42. The number of nitro groups is 1. The molecule has 0 saturated carbocycles. The summed E-state index contributed by atoms with van der Waals surface area (Å²) in [5, 5.41) is 19.0. The molecule has 3 rings (SSSR count). The summed E-state index contributed by atoms with van der Waals surface area (Å²) in [6.45, 7) is 4.38. The first-order valence-corrected chi connectivity index (χ1v) is 10.5. The first-order valence-electron chi connectivity index (χ1n) is 10.5. The Balaban J connectivity index is 1.74. The van der Waals surface area contributed by atoms with Gasteiger partial charge in [-0.15, -0.1) is 0 Å². The van der Waals surface area contributed by atoms with Crippen molar-refractivity contribution < 1.29 is 14.5 Å². The minimum absolute atomic E-state index is 0.0537. The molecule has 0 atom stereocenters. The molecule has 1 aliphatic heterocycles. The van der Waals surface area contributed by atoms with Gasteiger partial charge in [0.05, 0.1) is 10.5 Å². The molecule has 1 saturated heterocycles. The number of hydrogen-bond donors (Lipinski definition) is 3. The molecule has 1 fully saturated rings. The van der Waals surface area contributed by atoms with Gasteiger partial charge in [-0.05, 0) is 56.0 Å². The van der Waals surface area contributed by atoms with E-state index >= 15 is 0 Å². The van der Waals surface area contributed by atoms with Crippen LogP contribution >= 0.6 is 0 Å². The number of non-ortho nitro benzene ring substituents is 1. The zero-order chi connectivity index (χ0) is 22.2. The predicted molar refractivity (Wildman–Crippen MR) is 121 cm³/mol. The molecule has 1 heterocycles. The summed E-state index contributed by atoms with van der Waals surface area (Å²) in [5.74, 6) is -0.165. The minimum atomic E-state index is -0.501. The fourth-order valence-electron chi connectivity index (χ4n) is 3.50. The highest BCUT2D eigenvalue weighted by Gasteiger charge is 2.19. The maximum atomic E-state index is 12.8. The molecule has 2 aromatic rings. The van der Waals surface area contributed by atoms with Crippen LogP contribution in [0.25, 0.3) is 0 Å². The van der Waals surface area contributed by atoms with Gasteiger partial charge in [-0.25, -0.2) is 4.79 Å². The van der Waals surface area contributed by atoms with E-state index in [0.717, 1.165) is 38.0 Å². The van der Waals surface area contributed by atoms with Gasteiger partial charge in [0.2, 0.25) is 0 Å². The van der Waals surface area contributed by atoms with Crippen LogP contribution < -0.4 is 20.9 Å². The summed E-state index contributed by atoms with van der Waals surface area (Å²) < 4.78 is 0. The van der Waals surface area contributed by atoms with E-state index in [2.05, 4.69) is 20.9 Å². The molecule has 0 bridgehead atoms. The molecule has 0 radical (unpaired) electrons. The Hall–Kier alpha value is -3.62. The smallest absolute Gasteiger partial charge is 0.323 e. The number of nitro benzene ring substituents is 1. The van der Waals surface area contributed by atoms with Crippen LogP contribution in [0, 0.1) is 10.1 Å². The van der Waals surface area contributed by atoms with Crippen molar-refractivity contribution in [3.05, 3.63) is 58.1 Å². The van der Waals surface area contributed by atoms with Crippen LogP contribution in [0.2, 0.25) is 0 Å². The zero-order valence-electron chi connectivity index (χ0n) is 17.5. The second-order valence-electron chi connectivity index (χ2n) is 7.42. The van der Waals surface area contributed by atoms with Crippen LogP contribution in [-0.2, 0) is 0 Å². The van der Waals surface area contributed by atoms with E-state index in [1.807, 2.05) is 13.0 Å². The minimum Gasteiger partial charge on any atom is -0.371 e. The van der Waals surface area contributed by atoms with E-state index in [0.29, 0.717) is 23.5 Å². The van der Waals surface area contributed by atoms with Gasteiger partial charge in [0.15, 0.2) is 0 Å². The predicted octanol–water partition coefficient (Wildman–Crippen LogP) is 4.37. The SMILES string of the molecule is CCCNC(=O)c1cc(NC(=O)Nc2ccc([N+](=O)[O-])cc2)ccc1N1CCCCC1. The number of anilines is 3. The molecule has 2 aromatic carbocycles. The van der Waals surface area contributed by atoms with Crippen molar-refractivity contribution in [3.63, 3.8) is 0 Å².